The number of nitrogens with zero attached hydrogens (tertiary/aromatic N) is 2. The lowest BCUT2D eigenvalue weighted by Crippen LogP contribution is -2.37. The molecular formula is C10H16IN3O. The van der Waals surface area contributed by atoms with Gasteiger partial charge in [-0.15, -0.1) is 0 Å². The minimum Gasteiger partial charge on any atom is -0.394 e. The lowest BCUT2D eigenvalue weighted by molar-refractivity contribution is 0.201. The van der Waals surface area contributed by atoms with E-state index in [1.54, 1.807) is 6.20 Å². The SMILES string of the molecule is CC(C)(C)C(CO)Nc1ncncc1I. The second-order valence-corrected chi connectivity index (χ2v) is 5.63. The molecule has 1 unspecified atom stereocenters. The molecule has 0 spiro atoms. The lowest BCUT2D eigenvalue weighted by Gasteiger charge is -2.30. The van der Waals surface area contributed by atoms with E-state index in [1.165, 1.54) is 6.33 Å². The van der Waals surface area contributed by atoms with Crippen molar-refractivity contribution in [3.8, 4) is 0 Å². The Kier molecular flexibility index (Phi) is 4.27. The molecule has 0 radical (unpaired) electrons. The Labute approximate surface area is 104 Å². The average Bonchev–Trinajstić information content (AvgIpc) is 2.14. The molecule has 1 aromatic rings. The fourth-order valence-corrected chi connectivity index (χ4v) is 1.58. The van der Waals surface area contributed by atoms with E-state index in [0.29, 0.717) is 0 Å². The predicted octanol–water partition coefficient (Wildman–Crippen LogP) is 1.90. The first-order chi connectivity index (χ1) is 6.95. The van der Waals surface area contributed by atoms with Crippen molar-refractivity contribution in [1.82, 2.24) is 9.97 Å². The number of aliphatic hydroxyl groups excluding tert-OH is 1. The topological polar surface area (TPSA) is 58.0 Å². The van der Waals surface area contributed by atoms with Crippen molar-refractivity contribution < 1.29 is 5.11 Å². The summed E-state index contributed by atoms with van der Waals surface area (Å²) in [5.74, 6) is 0.777. The number of nitrogens with one attached hydrogen (secondary N) is 1. The molecule has 2 N–H and O–H groups in total. The third-order valence-electron chi connectivity index (χ3n) is 2.21. The Bertz CT molecular complexity index is 325. The van der Waals surface area contributed by atoms with E-state index in [-0.39, 0.29) is 18.1 Å². The first-order valence-electron chi connectivity index (χ1n) is 4.78. The van der Waals surface area contributed by atoms with Gasteiger partial charge in [0.1, 0.15) is 12.1 Å². The Morgan fingerprint density at radius 3 is 2.67 bits per heavy atom. The van der Waals surface area contributed by atoms with Crippen molar-refractivity contribution in [1.29, 1.82) is 0 Å². The molecule has 0 saturated heterocycles. The number of rotatable bonds is 3. The van der Waals surface area contributed by atoms with Gasteiger partial charge >= 0.3 is 0 Å². The predicted molar refractivity (Wildman–Crippen MR) is 68.7 cm³/mol. The van der Waals surface area contributed by atoms with Crippen LogP contribution in [0.5, 0.6) is 0 Å². The summed E-state index contributed by atoms with van der Waals surface area (Å²) >= 11 is 2.17. The maximum Gasteiger partial charge on any atom is 0.143 e. The van der Waals surface area contributed by atoms with Gasteiger partial charge < -0.3 is 10.4 Å². The first-order valence-corrected chi connectivity index (χ1v) is 5.86. The second-order valence-electron chi connectivity index (χ2n) is 4.46. The van der Waals surface area contributed by atoms with Crippen LogP contribution in [-0.4, -0.2) is 27.7 Å². The molecule has 0 aliphatic carbocycles. The molecule has 84 valence electrons. The van der Waals surface area contributed by atoms with E-state index in [1.807, 2.05) is 0 Å². The Hall–Kier alpha value is -0.430. The highest BCUT2D eigenvalue weighted by molar-refractivity contribution is 14.1. The number of anilines is 1. The highest BCUT2D eigenvalue weighted by Gasteiger charge is 2.24. The minimum atomic E-state index is -0.0130. The van der Waals surface area contributed by atoms with E-state index in [9.17, 15) is 5.11 Å². The zero-order chi connectivity index (χ0) is 11.5. The normalized spacial score (nSPS) is 13.7. The zero-order valence-electron chi connectivity index (χ0n) is 9.16. The Balaban J connectivity index is 2.80. The van der Waals surface area contributed by atoms with Crippen LogP contribution in [0.4, 0.5) is 5.82 Å². The highest BCUT2D eigenvalue weighted by Crippen LogP contribution is 2.23. The molecule has 15 heavy (non-hydrogen) atoms. The number of hydrogen-bond donors (Lipinski definition) is 2. The molecule has 1 rings (SSSR count). The van der Waals surface area contributed by atoms with Crippen LogP contribution >= 0.6 is 22.6 Å². The van der Waals surface area contributed by atoms with Crippen molar-refractivity contribution in [2.75, 3.05) is 11.9 Å². The molecule has 0 saturated carbocycles. The summed E-state index contributed by atoms with van der Waals surface area (Å²) in [6.07, 6.45) is 3.24. The van der Waals surface area contributed by atoms with Crippen LogP contribution in [0.2, 0.25) is 0 Å². The van der Waals surface area contributed by atoms with Gasteiger partial charge in [0.25, 0.3) is 0 Å². The quantitative estimate of drug-likeness (QED) is 0.835. The summed E-state index contributed by atoms with van der Waals surface area (Å²) in [7, 11) is 0. The molecule has 1 heterocycles. The van der Waals surface area contributed by atoms with Gasteiger partial charge in [-0.3, -0.25) is 0 Å². The van der Waals surface area contributed by atoms with Crippen molar-refractivity contribution in [3.63, 3.8) is 0 Å². The van der Waals surface area contributed by atoms with Crippen LogP contribution in [0, 0.1) is 8.99 Å². The summed E-state index contributed by atoms with van der Waals surface area (Å²) < 4.78 is 0.956. The largest absolute Gasteiger partial charge is 0.394 e. The van der Waals surface area contributed by atoms with Gasteiger partial charge in [-0.2, -0.15) is 0 Å². The number of aromatic nitrogens is 2. The van der Waals surface area contributed by atoms with E-state index < -0.39 is 0 Å². The third kappa shape index (κ3) is 3.57. The monoisotopic (exact) mass is 321 g/mol. The molecule has 0 aliphatic rings. The van der Waals surface area contributed by atoms with Crippen molar-refractivity contribution in [3.05, 3.63) is 16.1 Å². The molecular weight excluding hydrogens is 305 g/mol. The summed E-state index contributed by atoms with van der Waals surface area (Å²) in [4.78, 5) is 8.06. The lowest BCUT2D eigenvalue weighted by atomic mass is 9.87. The van der Waals surface area contributed by atoms with Crippen LogP contribution in [0.1, 0.15) is 20.8 Å². The fraction of sp³-hybridized carbons (Fsp3) is 0.600. The minimum absolute atomic E-state index is 0.0111. The van der Waals surface area contributed by atoms with Gasteiger partial charge in [0.2, 0.25) is 0 Å². The standard InChI is InChI=1S/C10H16IN3O/c1-10(2,3)8(5-15)14-9-7(11)4-12-6-13-9/h4,6,8,15H,5H2,1-3H3,(H,12,13,14). The van der Waals surface area contributed by atoms with Crippen LogP contribution in [0.15, 0.2) is 12.5 Å². The molecule has 1 atom stereocenters. The summed E-state index contributed by atoms with van der Waals surface area (Å²) in [5, 5.41) is 12.5. The van der Waals surface area contributed by atoms with Gasteiger partial charge in [-0.25, -0.2) is 9.97 Å². The van der Waals surface area contributed by atoms with Crippen LogP contribution in [-0.2, 0) is 0 Å². The van der Waals surface area contributed by atoms with E-state index in [2.05, 4.69) is 58.6 Å². The highest BCUT2D eigenvalue weighted by atomic mass is 127. The van der Waals surface area contributed by atoms with Crippen LogP contribution in [0.3, 0.4) is 0 Å². The third-order valence-corrected chi connectivity index (χ3v) is 3.00. The van der Waals surface area contributed by atoms with E-state index in [4.69, 9.17) is 0 Å². The Morgan fingerprint density at radius 1 is 1.53 bits per heavy atom. The maximum atomic E-state index is 9.31. The van der Waals surface area contributed by atoms with E-state index >= 15 is 0 Å². The summed E-state index contributed by atoms with van der Waals surface area (Å²) in [6.45, 7) is 6.32. The molecule has 0 bridgehead atoms. The maximum absolute atomic E-state index is 9.31. The zero-order valence-corrected chi connectivity index (χ0v) is 11.3. The molecule has 5 heteroatoms. The number of aliphatic hydroxyl groups is 1. The van der Waals surface area contributed by atoms with Crippen LogP contribution in [0.25, 0.3) is 0 Å². The van der Waals surface area contributed by atoms with Gasteiger partial charge in [-0.1, -0.05) is 20.8 Å². The molecule has 0 aliphatic heterocycles. The first kappa shape index (κ1) is 12.6. The average molecular weight is 321 g/mol. The molecule has 0 aromatic carbocycles. The van der Waals surface area contributed by atoms with Gasteiger partial charge in [0.15, 0.2) is 0 Å². The van der Waals surface area contributed by atoms with Crippen molar-refractivity contribution >= 4 is 28.4 Å². The fourth-order valence-electron chi connectivity index (χ4n) is 1.12. The molecule has 0 amide bonds. The molecule has 1 aromatic heterocycles. The number of hydrogen-bond acceptors (Lipinski definition) is 4. The van der Waals surface area contributed by atoms with Gasteiger partial charge in [-0.05, 0) is 28.0 Å². The van der Waals surface area contributed by atoms with Crippen molar-refractivity contribution in [2.45, 2.75) is 26.8 Å². The summed E-state index contributed by atoms with van der Waals surface area (Å²) in [5.41, 5.74) is -0.0111. The number of halogens is 1. The summed E-state index contributed by atoms with van der Waals surface area (Å²) in [6, 6.07) is -0.0130. The second kappa shape index (κ2) is 5.07. The molecule has 4 nitrogen and oxygen atoms in total. The smallest absolute Gasteiger partial charge is 0.143 e. The van der Waals surface area contributed by atoms with Crippen molar-refractivity contribution in [2.24, 2.45) is 5.41 Å². The van der Waals surface area contributed by atoms with Gasteiger partial charge in [0.05, 0.1) is 16.2 Å². The van der Waals surface area contributed by atoms with Gasteiger partial charge in [0, 0.05) is 6.20 Å². The van der Waals surface area contributed by atoms with E-state index in [0.717, 1.165) is 9.39 Å². The van der Waals surface area contributed by atoms with Crippen LogP contribution < -0.4 is 5.32 Å². The molecule has 0 fully saturated rings. The Morgan fingerprint density at radius 2 is 2.20 bits per heavy atom.